The van der Waals surface area contributed by atoms with Crippen molar-refractivity contribution in [1.82, 2.24) is 0 Å². The predicted molar refractivity (Wildman–Crippen MR) is 61.3 cm³/mol. The molecule has 0 spiro atoms. The molecule has 0 fully saturated rings. The van der Waals surface area contributed by atoms with E-state index in [4.69, 9.17) is 4.74 Å². The second-order valence-electron chi connectivity index (χ2n) is 3.29. The Kier molecular flexibility index (Phi) is 4.82. The van der Waals surface area contributed by atoms with Crippen LogP contribution in [0.15, 0.2) is 18.2 Å². The van der Waals surface area contributed by atoms with E-state index in [1.807, 2.05) is 0 Å². The lowest BCUT2D eigenvalue weighted by Gasteiger charge is -2.08. The number of nitrogens with zero attached hydrogens (tertiary/aromatic N) is 1. The van der Waals surface area contributed by atoms with Crippen LogP contribution in [-0.2, 0) is 11.2 Å². The van der Waals surface area contributed by atoms with Gasteiger partial charge in [0.2, 0.25) is 0 Å². The first-order chi connectivity index (χ1) is 7.54. The maximum Gasteiger partial charge on any atom is 0.272 e. The summed E-state index contributed by atoms with van der Waals surface area (Å²) in [4.78, 5) is 10.1. The molecule has 0 bridgehead atoms. The van der Waals surface area contributed by atoms with Crippen LogP contribution < -0.4 is 0 Å². The first-order valence-electron chi connectivity index (χ1n) is 4.60. The predicted octanol–water partition coefficient (Wildman–Crippen LogP) is 2.69. The number of halogens is 2. The Morgan fingerprint density at radius 3 is 2.88 bits per heavy atom. The first-order valence-corrected chi connectivity index (χ1v) is 5.52. The molecule has 1 aromatic carbocycles. The van der Waals surface area contributed by atoms with Crippen molar-refractivity contribution in [3.8, 4) is 0 Å². The van der Waals surface area contributed by atoms with Crippen LogP contribution in [-0.4, -0.2) is 23.5 Å². The maximum atomic E-state index is 13.0. The largest absolute Gasteiger partial charge is 0.384 e. The Bertz CT molecular complexity index is 386. The highest BCUT2D eigenvalue weighted by atomic mass is 79.9. The highest BCUT2D eigenvalue weighted by Gasteiger charge is 2.17. The number of nitro groups is 1. The zero-order chi connectivity index (χ0) is 12.1. The number of ether oxygens (including phenoxy) is 1. The summed E-state index contributed by atoms with van der Waals surface area (Å²) in [5.74, 6) is -0.474. The quantitative estimate of drug-likeness (QED) is 0.476. The molecular formula is C10H11BrFNO3. The van der Waals surface area contributed by atoms with Gasteiger partial charge in [0.25, 0.3) is 5.69 Å². The Labute approximate surface area is 101 Å². The summed E-state index contributed by atoms with van der Waals surface area (Å²) in [6.07, 6.45) is 0.349. The standard InChI is InChI=1S/C10H11BrFNO3/c1-16-6-8(11)4-7-5-9(12)2-3-10(7)13(14)15/h2-3,5,8H,4,6H2,1H3. The van der Waals surface area contributed by atoms with Gasteiger partial charge in [-0.3, -0.25) is 10.1 Å². The molecule has 88 valence electrons. The minimum absolute atomic E-state index is 0.0676. The van der Waals surface area contributed by atoms with Crippen LogP contribution in [0.3, 0.4) is 0 Å². The van der Waals surface area contributed by atoms with Gasteiger partial charge in [-0.15, -0.1) is 0 Å². The minimum atomic E-state index is -0.513. The number of methoxy groups -OCH3 is 1. The fourth-order valence-corrected chi connectivity index (χ4v) is 1.99. The van der Waals surface area contributed by atoms with Crippen molar-refractivity contribution < 1.29 is 14.1 Å². The van der Waals surface area contributed by atoms with Crippen LogP contribution >= 0.6 is 15.9 Å². The van der Waals surface area contributed by atoms with Gasteiger partial charge in [-0.05, 0) is 18.6 Å². The molecule has 0 N–H and O–H groups in total. The smallest absolute Gasteiger partial charge is 0.272 e. The van der Waals surface area contributed by atoms with Gasteiger partial charge in [-0.1, -0.05) is 15.9 Å². The number of rotatable bonds is 5. The highest BCUT2D eigenvalue weighted by Crippen LogP contribution is 2.22. The normalized spacial score (nSPS) is 12.4. The minimum Gasteiger partial charge on any atom is -0.384 e. The van der Waals surface area contributed by atoms with Crippen LogP contribution in [0.4, 0.5) is 10.1 Å². The van der Waals surface area contributed by atoms with Gasteiger partial charge in [-0.25, -0.2) is 4.39 Å². The fourth-order valence-electron chi connectivity index (χ4n) is 1.37. The van der Waals surface area contributed by atoms with Crippen molar-refractivity contribution in [2.75, 3.05) is 13.7 Å². The molecule has 16 heavy (non-hydrogen) atoms. The van der Waals surface area contributed by atoms with Crippen molar-refractivity contribution in [1.29, 1.82) is 0 Å². The molecule has 4 nitrogen and oxygen atoms in total. The zero-order valence-corrected chi connectivity index (χ0v) is 10.2. The molecule has 0 amide bonds. The third kappa shape index (κ3) is 3.53. The van der Waals surface area contributed by atoms with Gasteiger partial charge >= 0.3 is 0 Å². The van der Waals surface area contributed by atoms with E-state index < -0.39 is 10.7 Å². The lowest BCUT2D eigenvalue weighted by molar-refractivity contribution is -0.385. The molecule has 6 heteroatoms. The number of nitro benzene ring substituents is 1. The van der Waals surface area contributed by atoms with Crippen molar-refractivity contribution in [2.24, 2.45) is 0 Å². The molecule has 1 unspecified atom stereocenters. The Balaban J connectivity index is 2.92. The molecule has 0 aliphatic rings. The van der Waals surface area contributed by atoms with E-state index in [1.165, 1.54) is 19.2 Å². The van der Waals surface area contributed by atoms with Gasteiger partial charge in [0.1, 0.15) is 5.82 Å². The van der Waals surface area contributed by atoms with Crippen molar-refractivity contribution in [3.63, 3.8) is 0 Å². The maximum absolute atomic E-state index is 13.0. The first kappa shape index (κ1) is 13.1. The molecule has 0 heterocycles. The fraction of sp³-hybridized carbons (Fsp3) is 0.400. The summed E-state index contributed by atoms with van der Waals surface area (Å²) in [6, 6.07) is 3.44. The average Bonchev–Trinajstić information content (AvgIpc) is 2.17. The Morgan fingerprint density at radius 2 is 2.31 bits per heavy atom. The summed E-state index contributed by atoms with van der Waals surface area (Å²) < 4.78 is 17.9. The summed E-state index contributed by atoms with van der Waals surface area (Å²) >= 11 is 3.31. The third-order valence-corrected chi connectivity index (χ3v) is 2.62. The molecule has 1 atom stereocenters. The molecule has 0 aliphatic carbocycles. The molecular weight excluding hydrogens is 281 g/mol. The molecule has 1 aromatic rings. The molecule has 0 aliphatic heterocycles. The monoisotopic (exact) mass is 291 g/mol. The molecule has 0 aromatic heterocycles. The van der Waals surface area contributed by atoms with Crippen molar-refractivity contribution >= 4 is 21.6 Å². The second-order valence-corrected chi connectivity index (χ2v) is 4.58. The van der Waals surface area contributed by atoms with E-state index in [2.05, 4.69) is 15.9 Å². The topological polar surface area (TPSA) is 52.4 Å². The Hall–Kier alpha value is -1.01. The second kappa shape index (κ2) is 5.91. The summed E-state index contributed by atoms with van der Waals surface area (Å²) in [5.41, 5.74) is 0.297. The molecule has 0 saturated heterocycles. The summed E-state index contributed by atoms with van der Waals surface area (Å²) in [5, 5.41) is 10.7. The van der Waals surface area contributed by atoms with Crippen LogP contribution in [0.2, 0.25) is 0 Å². The zero-order valence-electron chi connectivity index (χ0n) is 8.65. The van der Waals surface area contributed by atoms with E-state index in [9.17, 15) is 14.5 Å². The Morgan fingerprint density at radius 1 is 1.62 bits per heavy atom. The number of benzene rings is 1. The van der Waals surface area contributed by atoms with Crippen LogP contribution in [0.25, 0.3) is 0 Å². The van der Waals surface area contributed by atoms with Crippen LogP contribution in [0.1, 0.15) is 5.56 Å². The lowest BCUT2D eigenvalue weighted by atomic mass is 10.1. The number of alkyl halides is 1. The highest BCUT2D eigenvalue weighted by molar-refractivity contribution is 9.09. The molecule has 0 saturated carbocycles. The lowest BCUT2D eigenvalue weighted by Crippen LogP contribution is -2.11. The van der Waals surface area contributed by atoms with Crippen LogP contribution in [0.5, 0.6) is 0 Å². The molecule has 1 rings (SSSR count). The summed E-state index contributed by atoms with van der Waals surface area (Å²) in [6.45, 7) is 0.410. The van der Waals surface area contributed by atoms with E-state index in [1.54, 1.807) is 0 Å². The van der Waals surface area contributed by atoms with E-state index in [0.29, 0.717) is 18.6 Å². The number of hydrogen-bond acceptors (Lipinski definition) is 3. The van der Waals surface area contributed by atoms with Crippen LogP contribution in [0, 0.1) is 15.9 Å². The van der Waals surface area contributed by atoms with E-state index in [0.717, 1.165) is 6.07 Å². The van der Waals surface area contributed by atoms with Gasteiger partial charge < -0.3 is 4.74 Å². The van der Waals surface area contributed by atoms with Gasteiger partial charge in [0.05, 0.1) is 11.5 Å². The third-order valence-electron chi connectivity index (χ3n) is 2.03. The number of hydrogen-bond donors (Lipinski definition) is 0. The molecule has 0 radical (unpaired) electrons. The van der Waals surface area contributed by atoms with Gasteiger partial charge in [-0.2, -0.15) is 0 Å². The average molecular weight is 292 g/mol. The SMILES string of the molecule is COCC(Br)Cc1cc(F)ccc1[N+](=O)[O-]. The van der Waals surface area contributed by atoms with Crippen molar-refractivity contribution in [3.05, 3.63) is 39.7 Å². The van der Waals surface area contributed by atoms with E-state index >= 15 is 0 Å². The summed E-state index contributed by atoms with van der Waals surface area (Å²) in [7, 11) is 1.54. The van der Waals surface area contributed by atoms with E-state index in [-0.39, 0.29) is 10.5 Å². The van der Waals surface area contributed by atoms with Crippen molar-refractivity contribution in [2.45, 2.75) is 11.2 Å². The van der Waals surface area contributed by atoms with Gasteiger partial charge in [0.15, 0.2) is 0 Å². The van der Waals surface area contributed by atoms with Gasteiger partial charge in [0, 0.05) is 23.6 Å².